The molecular formula is C23H30N2O4. The number of hydrogen-bond acceptors (Lipinski definition) is 5. The summed E-state index contributed by atoms with van der Waals surface area (Å²) in [5.41, 5.74) is 4.17. The highest BCUT2D eigenvalue weighted by Gasteiger charge is 2.26. The Balaban J connectivity index is 1.76. The number of benzene rings is 2. The summed E-state index contributed by atoms with van der Waals surface area (Å²) in [6.07, 6.45) is 1.99. The van der Waals surface area contributed by atoms with Crippen molar-refractivity contribution < 1.29 is 19.0 Å². The monoisotopic (exact) mass is 398 g/mol. The van der Waals surface area contributed by atoms with Gasteiger partial charge in [-0.25, -0.2) is 0 Å². The van der Waals surface area contributed by atoms with Crippen molar-refractivity contribution in [2.75, 3.05) is 39.7 Å². The molecule has 6 nitrogen and oxygen atoms in total. The molecule has 0 saturated carbocycles. The van der Waals surface area contributed by atoms with Crippen LogP contribution in [-0.4, -0.2) is 51.3 Å². The second-order valence-corrected chi connectivity index (χ2v) is 7.45. The van der Waals surface area contributed by atoms with Gasteiger partial charge in [-0.15, -0.1) is 0 Å². The molecule has 1 heterocycles. The number of anilines is 1. The fourth-order valence-corrected chi connectivity index (χ4v) is 3.73. The van der Waals surface area contributed by atoms with Crippen molar-refractivity contribution in [2.24, 2.45) is 0 Å². The normalized spacial score (nSPS) is 16.3. The number of hydrogen-bond donors (Lipinski definition) is 1. The number of rotatable bonds is 6. The van der Waals surface area contributed by atoms with Gasteiger partial charge in [-0.05, 0) is 62.1 Å². The standard InChI is InChI=1S/C23H30N2O4/c1-15-8-9-18(11-16(15)2)24-19-7-6-10-25(14-19)23(26)17-12-20(27-3)22(29-5)21(13-17)28-4/h8-9,11-13,19,24H,6-7,10,14H2,1-5H3/t19-/m0/s1. The molecule has 1 N–H and O–H groups in total. The van der Waals surface area contributed by atoms with E-state index in [0.29, 0.717) is 29.4 Å². The third kappa shape index (κ3) is 4.58. The molecule has 2 aromatic rings. The summed E-state index contributed by atoms with van der Waals surface area (Å²) in [5.74, 6) is 1.42. The number of nitrogens with zero attached hydrogens (tertiary/aromatic N) is 1. The Morgan fingerprint density at radius 3 is 2.28 bits per heavy atom. The van der Waals surface area contributed by atoms with E-state index in [-0.39, 0.29) is 11.9 Å². The molecule has 0 spiro atoms. The van der Waals surface area contributed by atoms with Gasteiger partial charge in [0.05, 0.1) is 21.3 Å². The number of piperidine rings is 1. The lowest BCUT2D eigenvalue weighted by Gasteiger charge is -2.34. The molecule has 0 bridgehead atoms. The highest BCUT2D eigenvalue weighted by atomic mass is 16.5. The van der Waals surface area contributed by atoms with Gasteiger partial charge < -0.3 is 24.4 Å². The van der Waals surface area contributed by atoms with Gasteiger partial charge in [0.15, 0.2) is 11.5 Å². The summed E-state index contributed by atoms with van der Waals surface area (Å²) in [7, 11) is 4.65. The number of carbonyl (C=O) groups excluding carboxylic acids is 1. The van der Waals surface area contributed by atoms with Gasteiger partial charge >= 0.3 is 0 Å². The van der Waals surface area contributed by atoms with Crippen LogP contribution in [0.5, 0.6) is 17.2 Å². The zero-order chi connectivity index (χ0) is 21.0. The maximum Gasteiger partial charge on any atom is 0.254 e. The number of aryl methyl sites for hydroxylation is 2. The quantitative estimate of drug-likeness (QED) is 0.796. The van der Waals surface area contributed by atoms with Gasteiger partial charge in [0.25, 0.3) is 5.91 Å². The Morgan fingerprint density at radius 2 is 1.69 bits per heavy atom. The number of nitrogens with one attached hydrogen (secondary N) is 1. The maximum atomic E-state index is 13.2. The molecule has 156 valence electrons. The van der Waals surface area contributed by atoms with Gasteiger partial charge in [-0.1, -0.05) is 6.07 Å². The van der Waals surface area contributed by atoms with Gasteiger partial charge in [-0.3, -0.25) is 4.79 Å². The Bertz CT molecular complexity index is 856. The molecule has 1 atom stereocenters. The van der Waals surface area contributed by atoms with Crippen LogP contribution in [-0.2, 0) is 0 Å². The average Bonchev–Trinajstić information content (AvgIpc) is 2.74. The van der Waals surface area contributed by atoms with Gasteiger partial charge in [0.1, 0.15) is 0 Å². The minimum Gasteiger partial charge on any atom is -0.493 e. The number of carbonyl (C=O) groups is 1. The van der Waals surface area contributed by atoms with Crippen LogP contribution in [0, 0.1) is 13.8 Å². The van der Waals surface area contributed by atoms with Crippen LogP contribution in [0.2, 0.25) is 0 Å². The molecule has 1 fully saturated rings. The highest BCUT2D eigenvalue weighted by molar-refractivity contribution is 5.95. The van der Waals surface area contributed by atoms with E-state index in [0.717, 1.165) is 25.1 Å². The Labute approximate surface area is 172 Å². The smallest absolute Gasteiger partial charge is 0.254 e. The Morgan fingerprint density at radius 1 is 1.00 bits per heavy atom. The number of likely N-dealkylation sites (tertiary alicyclic amines) is 1. The van der Waals surface area contributed by atoms with E-state index < -0.39 is 0 Å². The fraction of sp³-hybridized carbons (Fsp3) is 0.435. The molecule has 3 rings (SSSR count). The molecule has 0 aliphatic carbocycles. The SMILES string of the molecule is COc1cc(C(=O)N2CCC[C@H](Nc3ccc(C)c(C)c3)C2)cc(OC)c1OC. The van der Waals surface area contributed by atoms with Gasteiger partial charge in [0.2, 0.25) is 5.75 Å². The first-order valence-electron chi connectivity index (χ1n) is 9.90. The molecule has 1 saturated heterocycles. The van der Waals surface area contributed by atoms with Crippen LogP contribution in [0.4, 0.5) is 5.69 Å². The highest BCUT2D eigenvalue weighted by Crippen LogP contribution is 2.38. The second kappa shape index (κ2) is 9.07. The van der Waals surface area contributed by atoms with E-state index in [9.17, 15) is 4.79 Å². The molecule has 1 aliphatic rings. The van der Waals surface area contributed by atoms with Crippen LogP contribution in [0.25, 0.3) is 0 Å². The number of methoxy groups -OCH3 is 3. The zero-order valence-electron chi connectivity index (χ0n) is 17.9. The van der Waals surface area contributed by atoms with Crippen molar-refractivity contribution in [2.45, 2.75) is 32.7 Å². The van der Waals surface area contributed by atoms with Crippen LogP contribution in [0.15, 0.2) is 30.3 Å². The second-order valence-electron chi connectivity index (χ2n) is 7.45. The predicted molar refractivity (Wildman–Crippen MR) is 115 cm³/mol. The topological polar surface area (TPSA) is 60.0 Å². The maximum absolute atomic E-state index is 13.2. The van der Waals surface area contributed by atoms with Gasteiger partial charge in [-0.2, -0.15) is 0 Å². The summed E-state index contributed by atoms with van der Waals surface area (Å²) in [5, 5.41) is 3.59. The molecule has 0 unspecified atom stereocenters. The van der Waals surface area contributed by atoms with E-state index in [2.05, 4.69) is 37.4 Å². The average molecular weight is 399 g/mol. The zero-order valence-corrected chi connectivity index (χ0v) is 17.9. The van der Waals surface area contributed by atoms with Crippen molar-refractivity contribution in [1.29, 1.82) is 0 Å². The van der Waals surface area contributed by atoms with Crippen molar-refractivity contribution in [3.63, 3.8) is 0 Å². The summed E-state index contributed by atoms with van der Waals surface area (Å²) < 4.78 is 16.1. The molecular weight excluding hydrogens is 368 g/mol. The largest absolute Gasteiger partial charge is 0.493 e. The molecule has 2 aromatic carbocycles. The molecule has 6 heteroatoms. The summed E-state index contributed by atoms with van der Waals surface area (Å²) in [6.45, 7) is 5.61. The van der Waals surface area contributed by atoms with E-state index in [1.165, 1.54) is 11.1 Å². The number of ether oxygens (including phenoxy) is 3. The Hall–Kier alpha value is -2.89. The van der Waals surface area contributed by atoms with Crippen LogP contribution >= 0.6 is 0 Å². The summed E-state index contributed by atoms with van der Waals surface area (Å²) >= 11 is 0. The van der Waals surface area contributed by atoms with Crippen LogP contribution < -0.4 is 19.5 Å². The lowest BCUT2D eigenvalue weighted by atomic mass is 10.0. The summed E-state index contributed by atoms with van der Waals surface area (Å²) in [4.78, 5) is 15.1. The van der Waals surface area contributed by atoms with Crippen molar-refractivity contribution >= 4 is 11.6 Å². The molecule has 1 amide bonds. The van der Waals surface area contributed by atoms with Crippen LogP contribution in [0.1, 0.15) is 34.3 Å². The summed E-state index contributed by atoms with van der Waals surface area (Å²) in [6, 6.07) is 10.0. The van der Waals surface area contributed by atoms with Gasteiger partial charge in [0, 0.05) is 30.4 Å². The minimum absolute atomic E-state index is 0.0316. The fourth-order valence-electron chi connectivity index (χ4n) is 3.73. The van der Waals surface area contributed by atoms with E-state index in [1.54, 1.807) is 33.5 Å². The first-order chi connectivity index (χ1) is 14.0. The third-order valence-corrected chi connectivity index (χ3v) is 5.50. The van der Waals surface area contributed by atoms with E-state index >= 15 is 0 Å². The molecule has 1 aliphatic heterocycles. The van der Waals surface area contributed by atoms with Crippen LogP contribution in [0.3, 0.4) is 0 Å². The number of amides is 1. The lowest BCUT2D eigenvalue weighted by Crippen LogP contribution is -2.45. The van der Waals surface area contributed by atoms with E-state index in [1.807, 2.05) is 4.90 Å². The third-order valence-electron chi connectivity index (χ3n) is 5.50. The first-order valence-corrected chi connectivity index (χ1v) is 9.90. The molecule has 0 radical (unpaired) electrons. The van der Waals surface area contributed by atoms with Crippen molar-refractivity contribution in [3.8, 4) is 17.2 Å². The van der Waals surface area contributed by atoms with Crippen molar-refractivity contribution in [1.82, 2.24) is 4.90 Å². The molecule has 29 heavy (non-hydrogen) atoms. The Kier molecular flexibility index (Phi) is 6.52. The molecule has 0 aromatic heterocycles. The minimum atomic E-state index is -0.0316. The first kappa shape index (κ1) is 20.8. The predicted octanol–water partition coefficient (Wildman–Crippen LogP) is 4.05. The van der Waals surface area contributed by atoms with E-state index in [4.69, 9.17) is 14.2 Å². The van der Waals surface area contributed by atoms with Crippen molar-refractivity contribution in [3.05, 3.63) is 47.0 Å². The lowest BCUT2D eigenvalue weighted by molar-refractivity contribution is 0.0714.